The van der Waals surface area contributed by atoms with Crippen LogP contribution in [0.25, 0.3) is 0 Å². The summed E-state index contributed by atoms with van der Waals surface area (Å²) < 4.78 is 18.9. The topological polar surface area (TPSA) is 37.7 Å². The molecule has 2 atom stereocenters. The third kappa shape index (κ3) is 3.96. The van der Waals surface area contributed by atoms with Crippen LogP contribution in [0.4, 0.5) is 10.1 Å². The number of rotatable bonds is 3. The van der Waals surface area contributed by atoms with Crippen molar-refractivity contribution < 1.29 is 9.13 Å². The molecule has 138 valence electrons. The normalized spacial score (nSPS) is 20.5. The van der Waals surface area contributed by atoms with E-state index in [0.29, 0.717) is 11.8 Å². The number of aliphatic imine (C=N–C) groups is 1. The zero-order valence-corrected chi connectivity index (χ0v) is 16.5. The van der Waals surface area contributed by atoms with Crippen molar-refractivity contribution in [2.75, 3.05) is 26.5 Å². The third-order valence-electron chi connectivity index (χ3n) is 4.60. The Kier molecular flexibility index (Phi) is 6.04. The minimum atomic E-state index is -0.363. The van der Waals surface area contributed by atoms with Crippen molar-refractivity contribution in [2.45, 2.75) is 12.8 Å². The van der Waals surface area contributed by atoms with Gasteiger partial charge in [0.25, 0.3) is 0 Å². The summed E-state index contributed by atoms with van der Waals surface area (Å²) in [6, 6.07) is 8.70. The van der Waals surface area contributed by atoms with Crippen molar-refractivity contribution in [3.63, 3.8) is 0 Å². The second kappa shape index (κ2) is 8.27. The molecule has 1 aliphatic heterocycles. The summed E-state index contributed by atoms with van der Waals surface area (Å²) in [6.45, 7) is 3.77. The highest BCUT2D eigenvalue weighted by molar-refractivity contribution is 8.13. The van der Waals surface area contributed by atoms with Gasteiger partial charge in [-0.15, -0.1) is 0 Å². The Morgan fingerprint density at radius 3 is 2.81 bits per heavy atom. The number of nitrogens with zero attached hydrogens (tertiary/aromatic N) is 3. The maximum atomic E-state index is 13.8. The number of aromatic nitrogens is 1. The van der Waals surface area contributed by atoms with Crippen LogP contribution < -0.4 is 4.74 Å². The van der Waals surface area contributed by atoms with E-state index in [0.717, 1.165) is 29.5 Å². The van der Waals surface area contributed by atoms with Crippen LogP contribution in [0.2, 0.25) is 5.02 Å². The van der Waals surface area contributed by atoms with Crippen molar-refractivity contribution in [1.82, 2.24) is 9.88 Å². The summed E-state index contributed by atoms with van der Waals surface area (Å²) in [5.41, 5.74) is 1.64. The Labute approximate surface area is 162 Å². The smallest absolute Gasteiger partial charge is 0.213 e. The van der Waals surface area contributed by atoms with Crippen LogP contribution in [-0.4, -0.2) is 41.5 Å². The Balaban J connectivity index is 1.82. The molecule has 0 spiro atoms. The standard InChI is InChI=1S/C19H21ClFN3OS/c1-12-10-24(11-15(12)14-5-4-6-16(21)18(14)20)19(26-3)23-13-7-8-17(25-2)22-9-13/h4-9,12,15H,10-11H2,1-3H3/t12-,15-/m0/s1. The van der Waals surface area contributed by atoms with E-state index >= 15 is 0 Å². The van der Waals surface area contributed by atoms with Crippen molar-refractivity contribution in [1.29, 1.82) is 0 Å². The number of thioether (sulfide) groups is 1. The predicted octanol–water partition coefficient (Wildman–Crippen LogP) is 4.97. The lowest BCUT2D eigenvalue weighted by Gasteiger charge is -2.19. The van der Waals surface area contributed by atoms with Gasteiger partial charge in [0.1, 0.15) is 5.82 Å². The SMILES string of the molecule is COc1ccc(N=C(SC)N2C[C@H](c3cccc(F)c3Cl)[C@@H](C)C2)cn1. The molecule has 0 radical (unpaired) electrons. The average Bonchev–Trinajstić information content (AvgIpc) is 3.03. The fraction of sp³-hybridized carbons (Fsp3) is 0.368. The quantitative estimate of drug-likeness (QED) is 0.545. The van der Waals surface area contributed by atoms with Gasteiger partial charge < -0.3 is 9.64 Å². The predicted molar refractivity (Wildman–Crippen MR) is 106 cm³/mol. The molecule has 1 fully saturated rings. The molecule has 3 rings (SSSR count). The Morgan fingerprint density at radius 2 is 2.15 bits per heavy atom. The zero-order valence-electron chi connectivity index (χ0n) is 14.9. The minimum absolute atomic E-state index is 0.171. The van der Waals surface area contributed by atoms with E-state index in [1.54, 1.807) is 37.2 Å². The van der Waals surface area contributed by atoms with Crippen LogP contribution in [0.15, 0.2) is 41.5 Å². The minimum Gasteiger partial charge on any atom is -0.481 e. The highest BCUT2D eigenvalue weighted by Crippen LogP contribution is 2.38. The van der Waals surface area contributed by atoms with Gasteiger partial charge in [0, 0.05) is 25.1 Å². The van der Waals surface area contributed by atoms with Crippen LogP contribution in [-0.2, 0) is 0 Å². The van der Waals surface area contributed by atoms with Crippen LogP contribution in [0.3, 0.4) is 0 Å². The van der Waals surface area contributed by atoms with Gasteiger partial charge in [-0.3, -0.25) is 0 Å². The van der Waals surface area contributed by atoms with Crippen LogP contribution >= 0.6 is 23.4 Å². The van der Waals surface area contributed by atoms with Crippen molar-refractivity contribution in [3.8, 4) is 5.88 Å². The molecular weight excluding hydrogens is 373 g/mol. The number of likely N-dealkylation sites (tertiary alicyclic amines) is 1. The summed E-state index contributed by atoms with van der Waals surface area (Å²) in [6.07, 6.45) is 3.69. The van der Waals surface area contributed by atoms with E-state index in [9.17, 15) is 4.39 Å². The van der Waals surface area contributed by atoms with Gasteiger partial charge in [-0.1, -0.05) is 42.4 Å². The maximum Gasteiger partial charge on any atom is 0.213 e. The van der Waals surface area contributed by atoms with E-state index in [-0.39, 0.29) is 16.8 Å². The molecule has 7 heteroatoms. The molecular formula is C19H21ClFN3OS. The van der Waals surface area contributed by atoms with Gasteiger partial charge in [-0.25, -0.2) is 14.4 Å². The molecule has 1 saturated heterocycles. The molecule has 1 aromatic heterocycles. The average molecular weight is 394 g/mol. The Hall–Kier alpha value is -1.79. The molecule has 0 bridgehead atoms. The first-order valence-corrected chi connectivity index (χ1v) is 9.95. The van der Waals surface area contributed by atoms with Crippen LogP contribution in [0, 0.1) is 11.7 Å². The second-order valence-corrected chi connectivity index (χ2v) is 7.44. The fourth-order valence-corrected chi connectivity index (χ4v) is 4.12. The summed E-state index contributed by atoms with van der Waals surface area (Å²) in [5, 5.41) is 1.15. The Morgan fingerprint density at radius 1 is 1.35 bits per heavy atom. The second-order valence-electron chi connectivity index (χ2n) is 6.29. The van der Waals surface area contributed by atoms with Gasteiger partial charge in [0.05, 0.1) is 24.0 Å². The first kappa shape index (κ1) is 19.0. The number of hydrogen-bond donors (Lipinski definition) is 0. The first-order chi connectivity index (χ1) is 12.5. The highest BCUT2D eigenvalue weighted by Gasteiger charge is 2.34. The number of pyridine rings is 1. The molecule has 1 aliphatic rings. The largest absolute Gasteiger partial charge is 0.481 e. The number of methoxy groups -OCH3 is 1. The van der Waals surface area contributed by atoms with Gasteiger partial charge >= 0.3 is 0 Å². The number of ether oxygens (including phenoxy) is 1. The molecule has 0 unspecified atom stereocenters. The van der Waals surface area contributed by atoms with Crippen LogP contribution in [0.5, 0.6) is 5.88 Å². The number of benzene rings is 1. The molecule has 1 aromatic carbocycles. The number of amidine groups is 1. The highest BCUT2D eigenvalue weighted by atomic mass is 35.5. The molecule has 2 heterocycles. The molecule has 4 nitrogen and oxygen atoms in total. The monoisotopic (exact) mass is 393 g/mol. The molecule has 0 N–H and O–H groups in total. The van der Waals surface area contributed by atoms with Crippen molar-refractivity contribution in [2.24, 2.45) is 10.9 Å². The van der Waals surface area contributed by atoms with Crippen molar-refractivity contribution in [3.05, 3.63) is 52.9 Å². The zero-order chi connectivity index (χ0) is 18.7. The van der Waals surface area contributed by atoms with Crippen LogP contribution in [0.1, 0.15) is 18.4 Å². The molecule has 0 aliphatic carbocycles. The van der Waals surface area contributed by atoms with Gasteiger partial charge in [-0.2, -0.15) is 0 Å². The lowest BCUT2D eigenvalue weighted by Crippen LogP contribution is -2.26. The summed E-state index contributed by atoms with van der Waals surface area (Å²) in [4.78, 5) is 11.1. The van der Waals surface area contributed by atoms with E-state index in [1.165, 1.54) is 6.07 Å². The summed E-state index contributed by atoms with van der Waals surface area (Å²) in [5.74, 6) is 0.716. The van der Waals surface area contributed by atoms with E-state index in [1.807, 2.05) is 18.4 Å². The van der Waals surface area contributed by atoms with Gasteiger partial charge in [0.15, 0.2) is 5.17 Å². The lowest BCUT2D eigenvalue weighted by atomic mass is 9.90. The molecule has 0 amide bonds. The van der Waals surface area contributed by atoms with E-state index in [4.69, 9.17) is 21.3 Å². The first-order valence-electron chi connectivity index (χ1n) is 8.35. The van der Waals surface area contributed by atoms with Gasteiger partial charge in [0.2, 0.25) is 5.88 Å². The fourth-order valence-electron chi connectivity index (χ4n) is 3.25. The lowest BCUT2D eigenvalue weighted by molar-refractivity contribution is 0.398. The maximum absolute atomic E-state index is 13.8. The number of halogens is 2. The summed E-state index contributed by atoms with van der Waals surface area (Å²) in [7, 11) is 1.59. The molecule has 0 saturated carbocycles. The number of hydrogen-bond acceptors (Lipinski definition) is 4. The third-order valence-corrected chi connectivity index (χ3v) is 5.71. The molecule has 26 heavy (non-hydrogen) atoms. The van der Waals surface area contributed by atoms with E-state index < -0.39 is 0 Å². The van der Waals surface area contributed by atoms with Gasteiger partial charge in [-0.05, 0) is 29.9 Å². The Bertz CT molecular complexity index is 800. The van der Waals surface area contributed by atoms with Crippen molar-refractivity contribution >= 4 is 34.2 Å². The summed E-state index contributed by atoms with van der Waals surface area (Å²) >= 11 is 7.80. The van der Waals surface area contributed by atoms with E-state index in [2.05, 4.69) is 16.8 Å². The molecule has 2 aromatic rings.